The van der Waals surface area contributed by atoms with Gasteiger partial charge in [-0.25, -0.2) is 0 Å². The van der Waals surface area contributed by atoms with Gasteiger partial charge < -0.3 is 21.4 Å². The van der Waals surface area contributed by atoms with E-state index in [2.05, 4.69) is 27.9 Å². The predicted octanol–water partition coefficient (Wildman–Crippen LogP) is 3.62. The van der Waals surface area contributed by atoms with Crippen molar-refractivity contribution in [2.45, 2.75) is 25.9 Å². The fourth-order valence-electron chi connectivity index (χ4n) is 3.90. The van der Waals surface area contributed by atoms with Crippen LogP contribution in [0.4, 0.5) is 11.4 Å². The molecule has 4 N–H and O–H groups in total. The molecule has 0 aliphatic carbocycles. The van der Waals surface area contributed by atoms with Crippen molar-refractivity contribution in [1.82, 2.24) is 4.90 Å². The molecule has 0 fully saturated rings. The number of nitrogens with two attached hydrogens (primary N) is 1. The Balaban J connectivity index is 1.49. The summed E-state index contributed by atoms with van der Waals surface area (Å²) < 4.78 is 0. The van der Waals surface area contributed by atoms with Gasteiger partial charge in [0.25, 0.3) is 5.91 Å². The minimum Gasteiger partial charge on any atom is -0.374 e. The van der Waals surface area contributed by atoms with Crippen molar-refractivity contribution < 1.29 is 9.59 Å². The maximum absolute atomic E-state index is 12.9. The lowest BCUT2D eigenvalue weighted by molar-refractivity contribution is -0.132. The topological polar surface area (TPSA) is 99.8 Å². The van der Waals surface area contributed by atoms with E-state index in [1.165, 1.54) is 11.8 Å². The standard InChI is InChI=1S/C26H27N5O2/c1-18-26(33)31(14-13-19-5-3-2-4-6-19)17-22-15-23(11-12-24(22)29-18)30-25(32)21-9-7-20(8-10-21)16-28-27/h2-12,15-16,18,29H,13-14,17,27H2,1H3,(H,30,32). The van der Waals surface area contributed by atoms with Gasteiger partial charge in [-0.15, -0.1) is 0 Å². The van der Waals surface area contributed by atoms with Crippen LogP contribution in [0.3, 0.4) is 0 Å². The predicted molar refractivity (Wildman–Crippen MR) is 131 cm³/mol. The monoisotopic (exact) mass is 441 g/mol. The average Bonchev–Trinajstić information content (AvgIpc) is 2.95. The van der Waals surface area contributed by atoms with Gasteiger partial charge in [-0.05, 0) is 60.4 Å². The quantitative estimate of drug-likeness (QED) is 0.309. The average molecular weight is 442 g/mol. The highest BCUT2D eigenvalue weighted by Gasteiger charge is 2.26. The van der Waals surface area contributed by atoms with Crippen LogP contribution < -0.4 is 16.5 Å². The van der Waals surface area contributed by atoms with Crippen molar-refractivity contribution in [2.24, 2.45) is 10.9 Å². The normalized spacial score (nSPS) is 15.6. The number of hydrazone groups is 1. The first-order valence-corrected chi connectivity index (χ1v) is 10.9. The molecule has 7 heteroatoms. The van der Waals surface area contributed by atoms with Crippen LogP contribution in [0.25, 0.3) is 0 Å². The van der Waals surface area contributed by atoms with E-state index >= 15 is 0 Å². The minimum absolute atomic E-state index is 0.0637. The third-order valence-electron chi connectivity index (χ3n) is 5.69. The third kappa shape index (κ3) is 5.38. The molecule has 3 aromatic rings. The molecule has 33 heavy (non-hydrogen) atoms. The molecular weight excluding hydrogens is 414 g/mol. The minimum atomic E-state index is -0.321. The molecule has 0 saturated carbocycles. The molecule has 0 bridgehead atoms. The van der Waals surface area contributed by atoms with E-state index in [4.69, 9.17) is 5.84 Å². The highest BCUT2D eigenvalue weighted by Crippen LogP contribution is 2.27. The zero-order valence-corrected chi connectivity index (χ0v) is 18.5. The Morgan fingerprint density at radius 1 is 1.15 bits per heavy atom. The molecular formula is C26H27N5O2. The van der Waals surface area contributed by atoms with Gasteiger partial charge >= 0.3 is 0 Å². The third-order valence-corrected chi connectivity index (χ3v) is 5.69. The molecule has 1 aliphatic rings. The number of hydrogen-bond donors (Lipinski definition) is 3. The smallest absolute Gasteiger partial charge is 0.255 e. The first-order chi connectivity index (χ1) is 16.0. The Labute approximate surface area is 193 Å². The van der Waals surface area contributed by atoms with Crippen molar-refractivity contribution in [2.75, 3.05) is 17.2 Å². The second-order valence-electron chi connectivity index (χ2n) is 8.09. The fourth-order valence-corrected chi connectivity index (χ4v) is 3.90. The van der Waals surface area contributed by atoms with Gasteiger partial charge in [0.15, 0.2) is 0 Å². The zero-order valence-electron chi connectivity index (χ0n) is 18.5. The number of carbonyl (C=O) groups is 2. The molecule has 7 nitrogen and oxygen atoms in total. The first-order valence-electron chi connectivity index (χ1n) is 10.9. The van der Waals surface area contributed by atoms with Gasteiger partial charge in [0.1, 0.15) is 6.04 Å². The summed E-state index contributed by atoms with van der Waals surface area (Å²) >= 11 is 0. The van der Waals surface area contributed by atoms with Crippen LogP contribution in [-0.4, -0.2) is 35.5 Å². The molecule has 4 rings (SSSR count). The Kier molecular flexibility index (Phi) is 6.69. The van der Waals surface area contributed by atoms with Gasteiger partial charge in [0.05, 0.1) is 6.21 Å². The SMILES string of the molecule is CC1Nc2ccc(NC(=O)c3ccc(C=NN)cc3)cc2CN(CCc2ccccc2)C1=O. The number of amides is 2. The Hall–Kier alpha value is -4.13. The van der Waals surface area contributed by atoms with Crippen molar-refractivity contribution >= 4 is 29.4 Å². The van der Waals surface area contributed by atoms with E-state index in [1.807, 2.05) is 48.2 Å². The molecule has 1 atom stereocenters. The van der Waals surface area contributed by atoms with Crippen molar-refractivity contribution in [3.8, 4) is 0 Å². The summed E-state index contributed by atoms with van der Waals surface area (Å²) in [6.45, 7) is 2.99. The maximum Gasteiger partial charge on any atom is 0.255 e. The van der Waals surface area contributed by atoms with Gasteiger partial charge in [-0.2, -0.15) is 5.10 Å². The molecule has 168 valence electrons. The van der Waals surface area contributed by atoms with E-state index in [0.717, 1.165) is 23.2 Å². The number of rotatable bonds is 6. The second kappa shape index (κ2) is 9.99. The Morgan fingerprint density at radius 3 is 2.64 bits per heavy atom. The largest absolute Gasteiger partial charge is 0.374 e. The van der Waals surface area contributed by atoms with Crippen molar-refractivity contribution in [1.29, 1.82) is 0 Å². The van der Waals surface area contributed by atoms with E-state index in [0.29, 0.717) is 24.3 Å². The van der Waals surface area contributed by atoms with Crippen LogP contribution >= 0.6 is 0 Å². The van der Waals surface area contributed by atoms with E-state index in [1.54, 1.807) is 24.3 Å². The summed E-state index contributed by atoms with van der Waals surface area (Å²) in [5.74, 6) is 5.02. The van der Waals surface area contributed by atoms with Gasteiger partial charge in [0.2, 0.25) is 5.91 Å². The molecule has 3 aromatic carbocycles. The molecule has 1 aliphatic heterocycles. The van der Waals surface area contributed by atoms with Gasteiger partial charge in [0, 0.05) is 30.0 Å². The number of benzene rings is 3. The van der Waals surface area contributed by atoms with Gasteiger partial charge in [-0.1, -0.05) is 42.5 Å². The number of nitrogens with zero attached hydrogens (tertiary/aromatic N) is 2. The highest BCUT2D eigenvalue weighted by molar-refractivity contribution is 6.04. The number of carbonyl (C=O) groups excluding carboxylic acids is 2. The van der Waals surface area contributed by atoms with Gasteiger partial charge in [-0.3, -0.25) is 9.59 Å². The Morgan fingerprint density at radius 2 is 1.91 bits per heavy atom. The molecule has 1 unspecified atom stereocenters. The summed E-state index contributed by atoms with van der Waals surface area (Å²) in [5, 5.41) is 9.74. The first kappa shape index (κ1) is 22.1. The van der Waals surface area contributed by atoms with Crippen LogP contribution in [0.15, 0.2) is 77.9 Å². The van der Waals surface area contributed by atoms with Crippen LogP contribution in [0.1, 0.15) is 34.0 Å². The lowest BCUT2D eigenvalue weighted by Gasteiger charge is -2.23. The lowest BCUT2D eigenvalue weighted by atomic mass is 10.1. The maximum atomic E-state index is 12.9. The lowest BCUT2D eigenvalue weighted by Crippen LogP contribution is -2.39. The van der Waals surface area contributed by atoms with Crippen LogP contribution in [0.2, 0.25) is 0 Å². The zero-order chi connectivity index (χ0) is 23.2. The molecule has 0 spiro atoms. The summed E-state index contributed by atoms with van der Waals surface area (Å²) in [6, 6.07) is 22.5. The number of anilines is 2. The van der Waals surface area contributed by atoms with Crippen LogP contribution in [0.5, 0.6) is 0 Å². The molecule has 0 aromatic heterocycles. The summed E-state index contributed by atoms with van der Waals surface area (Å²) in [5.41, 5.74) is 5.10. The number of nitrogens with one attached hydrogen (secondary N) is 2. The van der Waals surface area contributed by atoms with E-state index in [-0.39, 0.29) is 17.9 Å². The van der Waals surface area contributed by atoms with Crippen LogP contribution in [-0.2, 0) is 17.8 Å². The Bertz CT molecular complexity index is 1160. The molecule has 0 radical (unpaired) electrons. The molecule has 0 saturated heterocycles. The van der Waals surface area contributed by atoms with Crippen molar-refractivity contribution in [3.05, 3.63) is 95.1 Å². The molecule has 2 amide bonds. The number of fused-ring (bicyclic) bond motifs is 1. The summed E-state index contributed by atoms with van der Waals surface area (Å²) in [7, 11) is 0. The van der Waals surface area contributed by atoms with Crippen molar-refractivity contribution in [3.63, 3.8) is 0 Å². The van der Waals surface area contributed by atoms with Crippen LogP contribution in [0, 0.1) is 0 Å². The molecule has 1 heterocycles. The highest BCUT2D eigenvalue weighted by atomic mass is 16.2. The summed E-state index contributed by atoms with van der Waals surface area (Å²) in [6.07, 6.45) is 2.31. The van der Waals surface area contributed by atoms with E-state index in [9.17, 15) is 9.59 Å². The summed E-state index contributed by atoms with van der Waals surface area (Å²) in [4.78, 5) is 27.5. The van der Waals surface area contributed by atoms with E-state index < -0.39 is 0 Å². The second-order valence-corrected chi connectivity index (χ2v) is 8.09. The fraction of sp³-hybridized carbons (Fsp3) is 0.192. The number of hydrogen-bond acceptors (Lipinski definition) is 5.